The first-order chi connectivity index (χ1) is 10.1. The number of aromatic nitrogens is 2. The summed E-state index contributed by atoms with van der Waals surface area (Å²) in [5.41, 5.74) is 7.53. The Morgan fingerprint density at radius 2 is 2.43 bits per heavy atom. The molecule has 112 valence electrons. The number of hydrogen-bond acceptors (Lipinski definition) is 4. The Kier molecular flexibility index (Phi) is 3.86. The van der Waals surface area contributed by atoms with Crippen LogP contribution in [-0.4, -0.2) is 34.7 Å². The predicted octanol–water partition coefficient (Wildman–Crippen LogP) is 1.61. The van der Waals surface area contributed by atoms with Gasteiger partial charge >= 0.3 is 0 Å². The van der Waals surface area contributed by atoms with Crippen LogP contribution < -0.4 is 16.4 Å². The van der Waals surface area contributed by atoms with E-state index in [9.17, 15) is 4.79 Å². The summed E-state index contributed by atoms with van der Waals surface area (Å²) < 4.78 is 2.65. The monoisotopic (exact) mass is 351 g/mol. The Morgan fingerprint density at radius 1 is 1.62 bits per heavy atom. The Morgan fingerprint density at radius 3 is 3.14 bits per heavy atom. The lowest BCUT2D eigenvalue weighted by Crippen LogP contribution is -2.30. The van der Waals surface area contributed by atoms with E-state index in [2.05, 4.69) is 38.6 Å². The maximum Gasteiger partial charge on any atom is 0.252 e. The molecule has 2 aromatic rings. The lowest BCUT2D eigenvalue weighted by Gasteiger charge is -2.21. The quantitative estimate of drug-likeness (QED) is 0.781. The molecular weight excluding hydrogens is 334 g/mol. The van der Waals surface area contributed by atoms with E-state index in [-0.39, 0.29) is 6.04 Å². The highest BCUT2D eigenvalue weighted by Gasteiger charge is 2.27. The average Bonchev–Trinajstić information content (AvgIpc) is 3.03. The fourth-order valence-corrected chi connectivity index (χ4v) is 3.29. The van der Waals surface area contributed by atoms with Crippen LogP contribution in [0.4, 0.5) is 5.69 Å². The zero-order valence-electron chi connectivity index (χ0n) is 11.8. The van der Waals surface area contributed by atoms with E-state index in [1.165, 1.54) is 6.20 Å². The van der Waals surface area contributed by atoms with E-state index in [4.69, 9.17) is 5.73 Å². The van der Waals surface area contributed by atoms with Crippen LogP contribution in [0.15, 0.2) is 22.9 Å². The van der Waals surface area contributed by atoms with Crippen molar-refractivity contribution < 1.29 is 4.79 Å². The molecule has 0 spiro atoms. The molecule has 2 aromatic heterocycles. The molecule has 1 amide bonds. The summed E-state index contributed by atoms with van der Waals surface area (Å²) in [5, 5.41) is 11.1. The molecule has 0 bridgehead atoms. The van der Waals surface area contributed by atoms with E-state index in [1.54, 1.807) is 4.52 Å². The van der Waals surface area contributed by atoms with Crippen LogP contribution >= 0.6 is 15.9 Å². The van der Waals surface area contributed by atoms with Gasteiger partial charge < -0.3 is 16.4 Å². The number of carbonyl (C=O) groups excluding carboxylic acids is 1. The molecule has 1 fully saturated rings. The van der Waals surface area contributed by atoms with Crippen LogP contribution in [0.25, 0.3) is 5.52 Å². The fourth-order valence-electron chi connectivity index (χ4n) is 2.88. The van der Waals surface area contributed by atoms with Crippen LogP contribution in [0.5, 0.6) is 0 Å². The summed E-state index contributed by atoms with van der Waals surface area (Å²) >= 11 is 3.44. The summed E-state index contributed by atoms with van der Waals surface area (Å²) in [7, 11) is 0. The van der Waals surface area contributed by atoms with Gasteiger partial charge in [-0.3, -0.25) is 4.79 Å². The van der Waals surface area contributed by atoms with Crippen molar-refractivity contribution in [2.45, 2.75) is 19.4 Å². The minimum atomic E-state index is -0.469. The number of hydrogen-bond donors (Lipinski definition) is 3. The van der Waals surface area contributed by atoms with Crippen molar-refractivity contribution in [1.29, 1.82) is 0 Å². The maximum absolute atomic E-state index is 11.7. The Bertz CT molecular complexity index is 683. The van der Waals surface area contributed by atoms with Crippen molar-refractivity contribution in [2.75, 3.05) is 18.4 Å². The third-order valence-corrected chi connectivity index (χ3v) is 4.50. The summed E-state index contributed by atoms with van der Waals surface area (Å²) in [6.45, 7) is 4.05. The number of nitrogens with one attached hydrogen (secondary N) is 2. The van der Waals surface area contributed by atoms with Crippen LogP contribution in [0, 0.1) is 5.92 Å². The zero-order valence-corrected chi connectivity index (χ0v) is 13.4. The van der Waals surface area contributed by atoms with Gasteiger partial charge in [-0.2, -0.15) is 5.10 Å². The lowest BCUT2D eigenvalue weighted by molar-refractivity contribution is 0.100. The molecule has 0 aromatic carbocycles. The highest BCUT2D eigenvalue weighted by atomic mass is 79.9. The smallest absolute Gasteiger partial charge is 0.252 e. The topological polar surface area (TPSA) is 84.5 Å². The Hall–Kier alpha value is -1.60. The molecule has 4 N–H and O–H groups in total. The van der Waals surface area contributed by atoms with Gasteiger partial charge in [0.15, 0.2) is 0 Å². The fraction of sp³-hybridized carbons (Fsp3) is 0.429. The summed E-state index contributed by atoms with van der Waals surface area (Å²) in [6, 6.07) is 2.22. The molecule has 0 aliphatic carbocycles. The second-order valence-corrected chi connectivity index (χ2v) is 6.28. The van der Waals surface area contributed by atoms with Gasteiger partial charge in [0.25, 0.3) is 5.91 Å². The van der Waals surface area contributed by atoms with Crippen LogP contribution in [-0.2, 0) is 0 Å². The predicted molar refractivity (Wildman–Crippen MR) is 85.5 cm³/mol. The van der Waals surface area contributed by atoms with E-state index in [0.29, 0.717) is 11.5 Å². The van der Waals surface area contributed by atoms with E-state index in [1.807, 2.05) is 12.3 Å². The Balaban J connectivity index is 2.05. The van der Waals surface area contributed by atoms with Crippen molar-refractivity contribution in [3.05, 3.63) is 28.5 Å². The Labute approximate surface area is 131 Å². The lowest BCUT2D eigenvalue weighted by atomic mass is 10.00. The van der Waals surface area contributed by atoms with Crippen LogP contribution in [0.2, 0.25) is 0 Å². The van der Waals surface area contributed by atoms with Gasteiger partial charge in [0.1, 0.15) is 0 Å². The van der Waals surface area contributed by atoms with Crippen LogP contribution in [0.3, 0.4) is 0 Å². The first kappa shape index (κ1) is 14.3. The number of halogens is 1. The largest absolute Gasteiger partial charge is 0.378 e. The molecule has 0 unspecified atom stereocenters. The molecule has 3 rings (SSSR count). The van der Waals surface area contributed by atoms with Gasteiger partial charge in [-0.1, -0.05) is 13.3 Å². The SMILES string of the molecule is CC[C@@H]1CNC[C@H]1Nc1c(C(N)=O)cnn2cc(Br)cc12. The third kappa shape index (κ3) is 2.63. The summed E-state index contributed by atoms with van der Waals surface area (Å²) in [4.78, 5) is 11.7. The molecule has 3 heterocycles. The molecule has 1 aliphatic heterocycles. The minimum Gasteiger partial charge on any atom is -0.378 e. The molecule has 2 atom stereocenters. The summed E-state index contributed by atoms with van der Waals surface area (Å²) in [5.74, 6) is 0.0705. The van der Waals surface area contributed by atoms with Gasteiger partial charge in [0.2, 0.25) is 0 Å². The van der Waals surface area contributed by atoms with E-state index >= 15 is 0 Å². The van der Waals surface area contributed by atoms with Crippen molar-refractivity contribution in [1.82, 2.24) is 14.9 Å². The molecule has 7 heteroatoms. The molecular formula is C14H18BrN5O. The number of rotatable bonds is 4. The van der Waals surface area contributed by atoms with Gasteiger partial charge in [0, 0.05) is 29.8 Å². The molecule has 1 aliphatic rings. The standard InChI is InChI=1S/C14H18BrN5O/c1-2-8-4-17-6-11(8)19-13-10(14(16)21)5-18-20-7-9(15)3-12(13)20/h3,5,7-8,11,17,19H,2,4,6H2,1H3,(H2,16,21)/t8-,11-/m1/s1. The highest BCUT2D eigenvalue weighted by molar-refractivity contribution is 9.10. The van der Waals surface area contributed by atoms with Crippen molar-refractivity contribution in [3.8, 4) is 0 Å². The van der Waals surface area contributed by atoms with Gasteiger partial charge in [-0.15, -0.1) is 0 Å². The second kappa shape index (κ2) is 5.65. The normalized spacial score (nSPS) is 21.8. The molecule has 21 heavy (non-hydrogen) atoms. The molecule has 0 saturated carbocycles. The maximum atomic E-state index is 11.7. The zero-order chi connectivity index (χ0) is 15.0. The molecule has 6 nitrogen and oxygen atoms in total. The first-order valence-electron chi connectivity index (χ1n) is 7.04. The number of carbonyl (C=O) groups is 1. The second-order valence-electron chi connectivity index (χ2n) is 5.36. The molecule has 1 saturated heterocycles. The van der Waals surface area contributed by atoms with Crippen molar-refractivity contribution >= 4 is 33.0 Å². The highest BCUT2D eigenvalue weighted by Crippen LogP contribution is 2.28. The number of anilines is 1. The third-order valence-electron chi connectivity index (χ3n) is 4.06. The van der Waals surface area contributed by atoms with Crippen LogP contribution in [0.1, 0.15) is 23.7 Å². The van der Waals surface area contributed by atoms with Gasteiger partial charge in [0.05, 0.1) is 23.0 Å². The van der Waals surface area contributed by atoms with Crippen molar-refractivity contribution in [3.63, 3.8) is 0 Å². The number of amides is 1. The summed E-state index contributed by atoms with van der Waals surface area (Å²) in [6.07, 6.45) is 4.46. The number of nitrogens with zero attached hydrogens (tertiary/aromatic N) is 2. The van der Waals surface area contributed by atoms with E-state index < -0.39 is 5.91 Å². The van der Waals surface area contributed by atoms with Gasteiger partial charge in [-0.05, 0) is 27.9 Å². The van der Waals surface area contributed by atoms with E-state index in [0.717, 1.165) is 35.2 Å². The number of nitrogens with two attached hydrogens (primary N) is 1. The minimum absolute atomic E-state index is 0.285. The van der Waals surface area contributed by atoms with Gasteiger partial charge in [-0.25, -0.2) is 4.52 Å². The van der Waals surface area contributed by atoms with Crippen molar-refractivity contribution in [2.24, 2.45) is 11.7 Å². The average molecular weight is 352 g/mol. The molecule has 0 radical (unpaired) electrons. The number of fused-ring (bicyclic) bond motifs is 1. The number of primary amides is 1. The first-order valence-corrected chi connectivity index (χ1v) is 7.83.